The summed E-state index contributed by atoms with van der Waals surface area (Å²) in [7, 11) is 2.85. The highest BCUT2D eigenvalue weighted by Crippen LogP contribution is 2.33. The topological polar surface area (TPSA) is 23.5 Å². The molecule has 0 unspecified atom stereocenters. The van der Waals surface area contributed by atoms with Gasteiger partial charge in [-0.3, -0.25) is 0 Å². The molecule has 1 heterocycles. The van der Waals surface area contributed by atoms with Gasteiger partial charge in [0.05, 0.1) is 5.92 Å². The standard InChI is InChI=1S/C7H12F3N.CH4O/c1-11-4-2-6(3-5-11)7(8,9)10;1-2/h6H,2-5H2,1H3;2H,1H3. The molecule has 0 bridgehead atoms. The quantitative estimate of drug-likeness (QED) is 0.639. The van der Waals surface area contributed by atoms with Crippen LogP contribution in [0.5, 0.6) is 0 Å². The molecule has 1 fully saturated rings. The number of alkyl halides is 3. The summed E-state index contributed by atoms with van der Waals surface area (Å²) < 4.78 is 36.1. The maximum absolute atomic E-state index is 12.0. The molecule has 0 atom stereocenters. The lowest BCUT2D eigenvalue weighted by Gasteiger charge is -2.30. The minimum absolute atomic E-state index is 0.264. The summed E-state index contributed by atoms with van der Waals surface area (Å²) in [5, 5.41) is 7.00. The third kappa shape index (κ3) is 4.47. The normalized spacial score (nSPS) is 20.8. The molecule has 1 aliphatic heterocycles. The molecule has 0 aromatic heterocycles. The van der Waals surface area contributed by atoms with E-state index in [2.05, 4.69) is 0 Å². The molecule has 0 aromatic carbocycles. The van der Waals surface area contributed by atoms with Crippen molar-refractivity contribution in [1.29, 1.82) is 0 Å². The fourth-order valence-corrected chi connectivity index (χ4v) is 1.34. The summed E-state index contributed by atoms with van der Waals surface area (Å²) in [6.45, 7) is 1.15. The lowest BCUT2D eigenvalue weighted by atomic mass is 9.97. The van der Waals surface area contributed by atoms with Crippen LogP contribution in [0.2, 0.25) is 0 Å². The minimum Gasteiger partial charge on any atom is -0.400 e. The second-order valence-corrected chi connectivity index (χ2v) is 3.12. The lowest BCUT2D eigenvalue weighted by molar-refractivity contribution is -0.184. The summed E-state index contributed by atoms with van der Waals surface area (Å²) >= 11 is 0. The zero-order valence-corrected chi connectivity index (χ0v) is 7.93. The summed E-state index contributed by atoms with van der Waals surface area (Å²) in [6.07, 6.45) is -3.44. The molecular formula is C8H16F3NO. The number of halogens is 3. The maximum atomic E-state index is 12.0. The molecule has 0 aliphatic carbocycles. The van der Waals surface area contributed by atoms with Crippen LogP contribution in [-0.4, -0.2) is 43.4 Å². The van der Waals surface area contributed by atoms with Gasteiger partial charge in [0, 0.05) is 7.11 Å². The number of aliphatic hydroxyl groups is 1. The van der Waals surface area contributed by atoms with E-state index in [1.54, 1.807) is 0 Å². The number of piperidine rings is 1. The van der Waals surface area contributed by atoms with E-state index in [4.69, 9.17) is 5.11 Å². The second-order valence-electron chi connectivity index (χ2n) is 3.12. The third-order valence-corrected chi connectivity index (χ3v) is 2.18. The highest BCUT2D eigenvalue weighted by Gasteiger charge is 2.40. The molecule has 1 N–H and O–H groups in total. The number of likely N-dealkylation sites (tertiary alicyclic amines) is 1. The third-order valence-electron chi connectivity index (χ3n) is 2.18. The Hall–Kier alpha value is -0.290. The van der Waals surface area contributed by atoms with Gasteiger partial charge in [0.2, 0.25) is 0 Å². The van der Waals surface area contributed by atoms with Gasteiger partial charge in [-0.25, -0.2) is 0 Å². The van der Waals surface area contributed by atoms with Crippen molar-refractivity contribution in [3.05, 3.63) is 0 Å². The fourth-order valence-electron chi connectivity index (χ4n) is 1.34. The van der Waals surface area contributed by atoms with Crippen molar-refractivity contribution in [1.82, 2.24) is 4.90 Å². The highest BCUT2D eigenvalue weighted by atomic mass is 19.4. The molecule has 0 spiro atoms. The molecular weight excluding hydrogens is 183 g/mol. The predicted octanol–water partition coefficient (Wildman–Crippen LogP) is 1.50. The number of rotatable bonds is 0. The van der Waals surface area contributed by atoms with Crippen LogP contribution in [0.3, 0.4) is 0 Å². The van der Waals surface area contributed by atoms with Crippen molar-refractivity contribution in [3.63, 3.8) is 0 Å². The Morgan fingerprint density at radius 3 is 1.85 bits per heavy atom. The first-order valence-corrected chi connectivity index (χ1v) is 4.20. The molecule has 0 saturated carbocycles. The van der Waals surface area contributed by atoms with Gasteiger partial charge in [-0.2, -0.15) is 13.2 Å². The molecule has 5 heteroatoms. The van der Waals surface area contributed by atoms with Crippen molar-refractivity contribution in [2.45, 2.75) is 19.0 Å². The average Bonchev–Trinajstić information content (AvgIpc) is 2.07. The van der Waals surface area contributed by atoms with E-state index in [0.717, 1.165) is 7.11 Å². The highest BCUT2D eigenvalue weighted by molar-refractivity contribution is 4.75. The Morgan fingerprint density at radius 1 is 1.15 bits per heavy atom. The van der Waals surface area contributed by atoms with Gasteiger partial charge < -0.3 is 10.0 Å². The molecule has 1 aliphatic rings. The largest absolute Gasteiger partial charge is 0.400 e. The van der Waals surface area contributed by atoms with Crippen molar-refractivity contribution in [3.8, 4) is 0 Å². The average molecular weight is 199 g/mol. The van der Waals surface area contributed by atoms with Gasteiger partial charge in [-0.15, -0.1) is 0 Å². The lowest BCUT2D eigenvalue weighted by Crippen LogP contribution is -2.36. The molecule has 80 valence electrons. The van der Waals surface area contributed by atoms with Gasteiger partial charge in [0.15, 0.2) is 0 Å². The van der Waals surface area contributed by atoms with Crippen molar-refractivity contribution in [2.24, 2.45) is 5.92 Å². The molecule has 13 heavy (non-hydrogen) atoms. The summed E-state index contributed by atoms with van der Waals surface area (Å²) in [5.74, 6) is -1.06. The van der Waals surface area contributed by atoms with Crippen LogP contribution in [0.15, 0.2) is 0 Å². The smallest absolute Gasteiger partial charge is 0.391 e. The monoisotopic (exact) mass is 199 g/mol. The molecule has 0 amide bonds. The summed E-state index contributed by atoms with van der Waals surface area (Å²) in [5.41, 5.74) is 0. The molecule has 0 radical (unpaired) electrons. The molecule has 2 nitrogen and oxygen atoms in total. The summed E-state index contributed by atoms with van der Waals surface area (Å²) in [4.78, 5) is 1.93. The van der Waals surface area contributed by atoms with Gasteiger partial charge in [0.1, 0.15) is 0 Å². The fraction of sp³-hybridized carbons (Fsp3) is 1.00. The van der Waals surface area contributed by atoms with E-state index < -0.39 is 12.1 Å². The van der Waals surface area contributed by atoms with E-state index in [0.29, 0.717) is 13.1 Å². The van der Waals surface area contributed by atoms with Crippen molar-refractivity contribution < 1.29 is 18.3 Å². The van der Waals surface area contributed by atoms with Gasteiger partial charge in [-0.1, -0.05) is 0 Å². The Balaban J connectivity index is 0.000000671. The van der Waals surface area contributed by atoms with Gasteiger partial charge in [0.25, 0.3) is 0 Å². The number of hydrogen-bond acceptors (Lipinski definition) is 2. The SMILES string of the molecule is CN1CCC(C(F)(F)F)CC1.CO. The summed E-state index contributed by atoms with van der Waals surface area (Å²) in [6, 6.07) is 0. The van der Waals surface area contributed by atoms with Crippen LogP contribution in [0.25, 0.3) is 0 Å². The zero-order valence-electron chi connectivity index (χ0n) is 7.93. The first-order valence-electron chi connectivity index (χ1n) is 4.20. The second kappa shape index (κ2) is 5.44. The Bertz CT molecular complexity index is 130. The number of nitrogens with zero attached hydrogens (tertiary/aromatic N) is 1. The molecule has 0 aromatic rings. The maximum Gasteiger partial charge on any atom is 0.391 e. The van der Waals surface area contributed by atoms with Crippen LogP contribution in [0, 0.1) is 5.92 Å². The zero-order chi connectivity index (χ0) is 10.5. The first kappa shape index (κ1) is 12.7. The van der Waals surface area contributed by atoms with Crippen molar-refractivity contribution in [2.75, 3.05) is 27.2 Å². The van der Waals surface area contributed by atoms with Crippen LogP contribution in [-0.2, 0) is 0 Å². The van der Waals surface area contributed by atoms with E-state index >= 15 is 0 Å². The van der Waals surface area contributed by atoms with E-state index in [1.165, 1.54) is 0 Å². The van der Waals surface area contributed by atoms with E-state index in [1.807, 2.05) is 11.9 Å². The molecule has 1 rings (SSSR count). The van der Waals surface area contributed by atoms with Crippen LogP contribution >= 0.6 is 0 Å². The Labute approximate surface area is 76.3 Å². The first-order chi connectivity index (χ1) is 6.00. The van der Waals surface area contributed by atoms with Crippen LogP contribution < -0.4 is 0 Å². The van der Waals surface area contributed by atoms with E-state index in [9.17, 15) is 13.2 Å². The van der Waals surface area contributed by atoms with Crippen LogP contribution in [0.4, 0.5) is 13.2 Å². The minimum atomic E-state index is -3.97. The van der Waals surface area contributed by atoms with E-state index in [-0.39, 0.29) is 12.8 Å². The van der Waals surface area contributed by atoms with Gasteiger partial charge >= 0.3 is 6.18 Å². The van der Waals surface area contributed by atoms with Gasteiger partial charge in [-0.05, 0) is 33.0 Å². The number of aliphatic hydroxyl groups excluding tert-OH is 1. The molecule has 1 saturated heterocycles. The van der Waals surface area contributed by atoms with Crippen LogP contribution in [0.1, 0.15) is 12.8 Å². The Kier molecular flexibility index (Phi) is 5.32. The van der Waals surface area contributed by atoms with Crippen molar-refractivity contribution >= 4 is 0 Å². The number of hydrogen-bond donors (Lipinski definition) is 1. The predicted molar refractivity (Wildman–Crippen MR) is 44.4 cm³/mol. The Morgan fingerprint density at radius 2 is 1.54 bits per heavy atom.